The molecule has 2 unspecified atom stereocenters. The lowest BCUT2D eigenvalue weighted by Crippen LogP contribution is -2.38. The van der Waals surface area contributed by atoms with Gasteiger partial charge in [-0.3, -0.25) is 9.78 Å². The Morgan fingerprint density at radius 3 is 2.28 bits per heavy atom. The van der Waals surface area contributed by atoms with Crippen molar-refractivity contribution in [1.82, 2.24) is 4.98 Å². The van der Waals surface area contributed by atoms with Gasteiger partial charge in [-0.25, -0.2) is 21.6 Å². The summed E-state index contributed by atoms with van der Waals surface area (Å²) in [5.41, 5.74) is 0.657. The van der Waals surface area contributed by atoms with E-state index in [1.54, 1.807) is 12.4 Å². The second-order valence-electron chi connectivity index (χ2n) is 10.2. The molecule has 1 N–H and O–H groups in total. The van der Waals surface area contributed by atoms with Crippen molar-refractivity contribution in [3.63, 3.8) is 0 Å². The number of amides is 1. The predicted octanol–water partition coefficient (Wildman–Crippen LogP) is 6.20. The van der Waals surface area contributed by atoms with E-state index in [0.717, 1.165) is 31.2 Å². The van der Waals surface area contributed by atoms with E-state index in [1.807, 2.05) is 12.1 Å². The molecule has 1 amide bonds. The van der Waals surface area contributed by atoms with Gasteiger partial charge in [-0.15, -0.1) is 0 Å². The fourth-order valence-electron chi connectivity index (χ4n) is 5.90. The number of nitrogens with one attached hydrogen (secondary N) is 1. The number of sulfone groups is 1. The van der Waals surface area contributed by atoms with Crippen molar-refractivity contribution in [2.75, 3.05) is 11.9 Å². The van der Waals surface area contributed by atoms with Crippen LogP contribution in [0.1, 0.15) is 41.6 Å². The Morgan fingerprint density at radius 2 is 1.64 bits per heavy atom. The lowest BCUT2D eigenvalue weighted by molar-refractivity contribution is 0.0626. The number of hydrogen-bond donors (Lipinski definition) is 1. The van der Waals surface area contributed by atoms with Gasteiger partial charge >= 0.3 is 0 Å². The van der Waals surface area contributed by atoms with Gasteiger partial charge in [0.1, 0.15) is 0 Å². The number of ether oxygens (including phenoxy) is 1. The minimum Gasteiger partial charge on any atom is -0.376 e. The van der Waals surface area contributed by atoms with Crippen LogP contribution in [0.15, 0.2) is 59.8 Å². The summed E-state index contributed by atoms with van der Waals surface area (Å²) in [6.45, 7) is 1.01. The highest BCUT2D eigenvalue weighted by molar-refractivity contribution is 7.92. The Labute approximate surface area is 229 Å². The van der Waals surface area contributed by atoms with E-state index in [9.17, 15) is 26.4 Å². The number of halogens is 4. The predicted molar refractivity (Wildman–Crippen MR) is 140 cm³/mol. The first-order valence-electron chi connectivity index (χ1n) is 12.6. The highest BCUT2D eigenvalue weighted by atomic mass is 35.5. The fourth-order valence-corrected chi connectivity index (χ4v) is 8.78. The molecular formula is C28H26ClF3N2O4S. The van der Waals surface area contributed by atoms with Crippen LogP contribution in [0.4, 0.5) is 18.9 Å². The Hall–Kier alpha value is -2.95. The molecule has 2 aliphatic rings. The minimum atomic E-state index is -3.89. The molecule has 2 saturated carbocycles. The van der Waals surface area contributed by atoms with Crippen molar-refractivity contribution in [2.45, 2.75) is 42.4 Å². The second kappa shape index (κ2) is 11.3. The number of benzene rings is 2. The summed E-state index contributed by atoms with van der Waals surface area (Å²) in [4.78, 5) is 16.6. The van der Waals surface area contributed by atoms with Gasteiger partial charge in [0, 0.05) is 42.4 Å². The van der Waals surface area contributed by atoms with Crippen molar-refractivity contribution in [1.29, 1.82) is 0 Å². The lowest BCUT2D eigenvalue weighted by atomic mass is 9.81. The molecule has 0 spiro atoms. The highest BCUT2D eigenvalue weighted by Gasteiger charge is 2.50. The van der Waals surface area contributed by atoms with Crippen LogP contribution in [0.3, 0.4) is 0 Å². The molecule has 2 aliphatic carbocycles. The normalized spacial score (nSPS) is 22.6. The van der Waals surface area contributed by atoms with Gasteiger partial charge < -0.3 is 10.1 Å². The van der Waals surface area contributed by atoms with Gasteiger partial charge in [-0.1, -0.05) is 11.6 Å². The third-order valence-corrected chi connectivity index (χ3v) is 10.5. The molecule has 39 heavy (non-hydrogen) atoms. The van der Waals surface area contributed by atoms with Crippen LogP contribution >= 0.6 is 11.6 Å². The summed E-state index contributed by atoms with van der Waals surface area (Å²) in [5.74, 6) is -5.25. The first-order valence-corrected chi connectivity index (χ1v) is 14.5. The number of aromatic nitrogens is 1. The first-order chi connectivity index (χ1) is 18.6. The van der Waals surface area contributed by atoms with E-state index in [1.165, 1.54) is 18.2 Å². The van der Waals surface area contributed by atoms with Crippen molar-refractivity contribution >= 4 is 33.0 Å². The molecule has 3 aromatic rings. The van der Waals surface area contributed by atoms with Crippen molar-refractivity contribution < 1.29 is 31.1 Å². The van der Waals surface area contributed by atoms with E-state index in [4.69, 9.17) is 16.3 Å². The molecule has 0 saturated heterocycles. The molecule has 2 bridgehead atoms. The third-order valence-electron chi connectivity index (χ3n) is 7.58. The zero-order valence-electron chi connectivity index (χ0n) is 20.7. The average molecular weight is 579 g/mol. The Kier molecular flexibility index (Phi) is 7.98. The number of nitrogens with zero attached hydrogens (tertiary/aromatic N) is 1. The van der Waals surface area contributed by atoms with E-state index >= 15 is 0 Å². The van der Waals surface area contributed by atoms with Crippen LogP contribution in [0.25, 0.3) is 0 Å². The Balaban J connectivity index is 1.29. The molecule has 2 fully saturated rings. The molecule has 0 aliphatic heterocycles. The first kappa shape index (κ1) is 27.6. The van der Waals surface area contributed by atoms with Gasteiger partial charge in [-0.05, 0) is 79.3 Å². The maximum atomic E-state index is 13.8. The van der Waals surface area contributed by atoms with E-state index in [-0.39, 0.29) is 38.9 Å². The van der Waals surface area contributed by atoms with Crippen LogP contribution in [0.2, 0.25) is 5.02 Å². The summed E-state index contributed by atoms with van der Waals surface area (Å²) >= 11 is 6.32. The minimum absolute atomic E-state index is 0.00683. The second-order valence-corrected chi connectivity index (χ2v) is 12.6. The van der Waals surface area contributed by atoms with Crippen LogP contribution < -0.4 is 5.32 Å². The van der Waals surface area contributed by atoms with E-state index < -0.39 is 38.4 Å². The quantitative estimate of drug-likeness (QED) is 0.322. The molecule has 0 radical (unpaired) electrons. The number of anilines is 1. The summed E-state index contributed by atoms with van der Waals surface area (Å²) in [7, 11) is -3.89. The fraction of sp³-hybridized carbons (Fsp3) is 0.357. The molecular weight excluding hydrogens is 553 g/mol. The SMILES string of the molecule is O=C(Nc1cc(F)c(F)c(F)c1)c1ccc(Cl)c(S(=O)(=O)C2C3CC[C@H]2C[C@H](COCc2ccncc2)C3)c1. The standard InChI is InChI=1S/C28H26ClF3N2O4S/c29-22-4-3-20(28(35)34-21-12-23(30)26(32)24(31)13-21)11-25(22)39(36,37)27-18-1-2-19(27)10-17(9-18)15-38-14-16-5-7-33-8-6-16/h3-8,11-13,17-19,27H,1-2,9-10,14-15H2,(H,34,35)/t17-,18-,19?,27?/m0/s1. The number of fused-ring (bicyclic) bond motifs is 2. The molecule has 6 nitrogen and oxygen atoms in total. The monoisotopic (exact) mass is 578 g/mol. The van der Waals surface area contributed by atoms with Gasteiger partial charge in [0.2, 0.25) is 0 Å². The summed E-state index contributed by atoms with van der Waals surface area (Å²) in [6, 6.07) is 8.88. The molecule has 4 atom stereocenters. The smallest absolute Gasteiger partial charge is 0.255 e. The molecule has 11 heteroatoms. The maximum absolute atomic E-state index is 13.8. The Morgan fingerprint density at radius 1 is 1.00 bits per heavy atom. The van der Waals surface area contributed by atoms with Crippen LogP contribution in [-0.4, -0.2) is 31.2 Å². The molecule has 2 aromatic carbocycles. The number of pyridine rings is 1. The van der Waals surface area contributed by atoms with E-state index in [2.05, 4.69) is 10.3 Å². The largest absolute Gasteiger partial charge is 0.376 e. The van der Waals surface area contributed by atoms with Crippen LogP contribution in [-0.2, 0) is 21.2 Å². The summed E-state index contributed by atoms with van der Waals surface area (Å²) in [6.07, 6.45) is 6.43. The number of carbonyl (C=O) groups is 1. The third kappa shape index (κ3) is 5.83. The lowest BCUT2D eigenvalue weighted by Gasteiger charge is -2.35. The van der Waals surface area contributed by atoms with Crippen molar-refractivity contribution in [2.24, 2.45) is 17.8 Å². The van der Waals surface area contributed by atoms with Gasteiger partial charge in [0.05, 0.1) is 21.8 Å². The van der Waals surface area contributed by atoms with Gasteiger partial charge in [-0.2, -0.15) is 0 Å². The zero-order chi connectivity index (χ0) is 27.7. The number of rotatable bonds is 8. The maximum Gasteiger partial charge on any atom is 0.255 e. The summed E-state index contributed by atoms with van der Waals surface area (Å²) < 4.78 is 73.9. The Bertz CT molecular complexity index is 1450. The molecule has 5 rings (SSSR count). The number of carbonyl (C=O) groups excluding carboxylic acids is 1. The topological polar surface area (TPSA) is 85.4 Å². The van der Waals surface area contributed by atoms with Gasteiger partial charge in [0.25, 0.3) is 5.91 Å². The van der Waals surface area contributed by atoms with Crippen molar-refractivity contribution in [3.8, 4) is 0 Å². The molecule has 1 aromatic heterocycles. The van der Waals surface area contributed by atoms with Gasteiger partial charge in [0.15, 0.2) is 27.3 Å². The molecule has 1 heterocycles. The highest BCUT2D eigenvalue weighted by Crippen LogP contribution is 2.50. The van der Waals surface area contributed by atoms with Crippen LogP contribution in [0, 0.1) is 35.2 Å². The number of hydrogen-bond acceptors (Lipinski definition) is 5. The van der Waals surface area contributed by atoms with Crippen LogP contribution in [0.5, 0.6) is 0 Å². The average Bonchev–Trinajstić information content (AvgIpc) is 3.19. The zero-order valence-corrected chi connectivity index (χ0v) is 22.3. The summed E-state index contributed by atoms with van der Waals surface area (Å²) in [5, 5.41) is 1.64. The molecule has 206 valence electrons. The van der Waals surface area contributed by atoms with E-state index in [0.29, 0.717) is 25.3 Å². The van der Waals surface area contributed by atoms with Crippen molar-refractivity contribution in [3.05, 3.63) is 88.5 Å².